The van der Waals surface area contributed by atoms with Crippen LogP contribution in [0.1, 0.15) is 26.2 Å². The number of benzene rings is 1. The van der Waals surface area contributed by atoms with Crippen molar-refractivity contribution in [3.8, 4) is 0 Å². The summed E-state index contributed by atoms with van der Waals surface area (Å²) >= 11 is 0. The van der Waals surface area contributed by atoms with Crippen LogP contribution in [0, 0.1) is 11.6 Å². The molecule has 5 heteroatoms. The summed E-state index contributed by atoms with van der Waals surface area (Å²) in [4.78, 5) is 13.4. The molecule has 19 heavy (non-hydrogen) atoms. The van der Waals surface area contributed by atoms with Crippen molar-refractivity contribution in [1.82, 2.24) is 4.90 Å². The van der Waals surface area contributed by atoms with Crippen LogP contribution >= 0.6 is 0 Å². The standard InChI is InChI=1S/C14H20F2N2O/c1-3-4-9-18(2)14(19)7-8-17-13-6-5-11(15)10-12(13)16/h5-6,10,17H,3-4,7-9H2,1-2H3. The fraction of sp³-hybridized carbons (Fsp3) is 0.500. The Hall–Kier alpha value is -1.65. The van der Waals surface area contributed by atoms with Gasteiger partial charge in [0.2, 0.25) is 5.91 Å². The number of anilines is 1. The van der Waals surface area contributed by atoms with E-state index in [2.05, 4.69) is 12.2 Å². The molecule has 1 rings (SSSR count). The molecule has 0 atom stereocenters. The van der Waals surface area contributed by atoms with Gasteiger partial charge >= 0.3 is 0 Å². The number of hydrogen-bond donors (Lipinski definition) is 1. The van der Waals surface area contributed by atoms with Crippen molar-refractivity contribution in [3.05, 3.63) is 29.8 Å². The Kier molecular flexibility index (Phi) is 6.25. The van der Waals surface area contributed by atoms with Crippen molar-refractivity contribution in [2.75, 3.05) is 25.5 Å². The van der Waals surface area contributed by atoms with E-state index in [4.69, 9.17) is 0 Å². The maximum absolute atomic E-state index is 13.3. The molecule has 0 unspecified atom stereocenters. The Balaban J connectivity index is 2.35. The summed E-state index contributed by atoms with van der Waals surface area (Å²) in [5.74, 6) is -1.24. The number of hydrogen-bond acceptors (Lipinski definition) is 2. The molecule has 0 aliphatic carbocycles. The summed E-state index contributed by atoms with van der Waals surface area (Å²) in [5.41, 5.74) is 0.213. The van der Waals surface area contributed by atoms with Gasteiger partial charge in [-0.25, -0.2) is 8.78 Å². The van der Waals surface area contributed by atoms with Gasteiger partial charge in [-0.05, 0) is 18.6 Å². The van der Waals surface area contributed by atoms with Gasteiger partial charge in [0.1, 0.15) is 11.6 Å². The highest BCUT2D eigenvalue weighted by Crippen LogP contribution is 2.14. The fourth-order valence-electron chi connectivity index (χ4n) is 1.65. The third kappa shape index (κ3) is 5.24. The highest BCUT2D eigenvalue weighted by Gasteiger charge is 2.08. The predicted molar refractivity (Wildman–Crippen MR) is 72.0 cm³/mol. The van der Waals surface area contributed by atoms with E-state index in [0.29, 0.717) is 6.54 Å². The number of rotatable bonds is 7. The molecule has 3 nitrogen and oxygen atoms in total. The van der Waals surface area contributed by atoms with Gasteiger partial charge in [-0.3, -0.25) is 4.79 Å². The van der Waals surface area contributed by atoms with Crippen molar-refractivity contribution < 1.29 is 13.6 Å². The van der Waals surface area contributed by atoms with Crippen molar-refractivity contribution in [2.45, 2.75) is 26.2 Å². The van der Waals surface area contributed by atoms with Crippen LogP contribution < -0.4 is 5.32 Å². The van der Waals surface area contributed by atoms with Gasteiger partial charge in [0.05, 0.1) is 5.69 Å². The van der Waals surface area contributed by atoms with Crippen molar-refractivity contribution in [1.29, 1.82) is 0 Å². The fourth-order valence-corrected chi connectivity index (χ4v) is 1.65. The largest absolute Gasteiger partial charge is 0.382 e. The molecule has 0 fully saturated rings. The highest BCUT2D eigenvalue weighted by atomic mass is 19.1. The Morgan fingerprint density at radius 3 is 2.74 bits per heavy atom. The van der Waals surface area contributed by atoms with Crippen LogP contribution in [0.3, 0.4) is 0 Å². The molecule has 1 N–H and O–H groups in total. The van der Waals surface area contributed by atoms with E-state index in [1.165, 1.54) is 12.1 Å². The van der Waals surface area contributed by atoms with Gasteiger partial charge in [0.25, 0.3) is 0 Å². The molecular formula is C14H20F2N2O. The molecule has 1 aromatic rings. The van der Waals surface area contributed by atoms with Gasteiger partial charge in [-0.15, -0.1) is 0 Å². The second kappa shape index (κ2) is 7.71. The van der Waals surface area contributed by atoms with Gasteiger partial charge in [-0.2, -0.15) is 0 Å². The molecule has 0 aliphatic rings. The molecule has 0 aliphatic heterocycles. The quantitative estimate of drug-likeness (QED) is 0.826. The molecule has 106 valence electrons. The number of nitrogens with zero attached hydrogens (tertiary/aromatic N) is 1. The maximum Gasteiger partial charge on any atom is 0.224 e. The monoisotopic (exact) mass is 270 g/mol. The van der Waals surface area contributed by atoms with Crippen LogP contribution in [-0.2, 0) is 4.79 Å². The second-order valence-corrected chi connectivity index (χ2v) is 4.47. The number of amides is 1. The van der Waals surface area contributed by atoms with E-state index in [0.717, 1.165) is 25.5 Å². The van der Waals surface area contributed by atoms with Crippen molar-refractivity contribution in [2.24, 2.45) is 0 Å². The molecule has 1 aromatic carbocycles. The Morgan fingerprint density at radius 2 is 2.11 bits per heavy atom. The zero-order valence-electron chi connectivity index (χ0n) is 11.4. The lowest BCUT2D eigenvalue weighted by atomic mass is 10.2. The first kappa shape index (κ1) is 15.4. The number of nitrogens with one attached hydrogen (secondary N) is 1. The third-order valence-electron chi connectivity index (χ3n) is 2.86. The molecule has 1 amide bonds. The van der Waals surface area contributed by atoms with Crippen LogP contribution in [0.5, 0.6) is 0 Å². The molecule has 0 radical (unpaired) electrons. The van der Waals surface area contributed by atoms with Crippen LogP contribution in [0.15, 0.2) is 18.2 Å². The molecular weight excluding hydrogens is 250 g/mol. The summed E-state index contributed by atoms with van der Waals surface area (Å²) < 4.78 is 26.0. The third-order valence-corrected chi connectivity index (χ3v) is 2.86. The average molecular weight is 270 g/mol. The minimum Gasteiger partial charge on any atom is -0.382 e. The smallest absolute Gasteiger partial charge is 0.224 e. The first-order valence-electron chi connectivity index (χ1n) is 6.47. The Labute approximate surface area is 112 Å². The van der Waals surface area contributed by atoms with Crippen LogP contribution in [0.25, 0.3) is 0 Å². The number of carbonyl (C=O) groups is 1. The molecule has 0 bridgehead atoms. The van der Waals surface area contributed by atoms with Gasteiger partial charge in [0, 0.05) is 32.6 Å². The number of unbranched alkanes of at least 4 members (excludes halogenated alkanes) is 1. The minimum absolute atomic E-state index is 0.0171. The maximum atomic E-state index is 13.3. The minimum atomic E-state index is -0.646. The van der Waals surface area contributed by atoms with Gasteiger partial charge < -0.3 is 10.2 Å². The van der Waals surface area contributed by atoms with E-state index in [1.807, 2.05) is 0 Å². The molecule has 0 saturated heterocycles. The molecule has 0 saturated carbocycles. The van der Waals surface area contributed by atoms with E-state index >= 15 is 0 Å². The lowest BCUT2D eigenvalue weighted by Crippen LogP contribution is -2.29. The van der Waals surface area contributed by atoms with Crippen LogP contribution in [0.2, 0.25) is 0 Å². The highest BCUT2D eigenvalue weighted by molar-refractivity contribution is 5.76. The number of carbonyl (C=O) groups excluding carboxylic acids is 1. The molecule has 0 heterocycles. The SMILES string of the molecule is CCCCN(C)C(=O)CCNc1ccc(F)cc1F. The topological polar surface area (TPSA) is 32.3 Å². The van der Waals surface area contributed by atoms with E-state index < -0.39 is 11.6 Å². The average Bonchev–Trinajstić information content (AvgIpc) is 2.38. The summed E-state index contributed by atoms with van der Waals surface area (Å²) in [7, 11) is 1.76. The van der Waals surface area contributed by atoms with Crippen molar-refractivity contribution in [3.63, 3.8) is 0 Å². The van der Waals surface area contributed by atoms with E-state index in [-0.39, 0.29) is 18.0 Å². The Bertz CT molecular complexity index is 424. The molecule has 0 aromatic heterocycles. The summed E-state index contributed by atoms with van der Waals surface area (Å²) in [6.45, 7) is 3.13. The number of halogens is 2. The van der Waals surface area contributed by atoms with E-state index in [9.17, 15) is 13.6 Å². The lowest BCUT2D eigenvalue weighted by Gasteiger charge is -2.17. The Morgan fingerprint density at radius 1 is 1.37 bits per heavy atom. The van der Waals surface area contributed by atoms with E-state index in [1.54, 1.807) is 11.9 Å². The van der Waals surface area contributed by atoms with Gasteiger partial charge in [-0.1, -0.05) is 13.3 Å². The first-order chi connectivity index (χ1) is 9.04. The van der Waals surface area contributed by atoms with Crippen molar-refractivity contribution >= 4 is 11.6 Å². The zero-order chi connectivity index (χ0) is 14.3. The molecule has 0 spiro atoms. The lowest BCUT2D eigenvalue weighted by molar-refractivity contribution is -0.129. The van der Waals surface area contributed by atoms with Crippen LogP contribution in [-0.4, -0.2) is 30.9 Å². The second-order valence-electron chi connectivity index (χ2n) is 4.47. The first-order valence-corrected chi connectivity index (χ1v) is 6.47. The summed E-state index contributed by atoms with van der Waals surface area (Å²) in [5, 5.41) is 2.79. The summed E-state index contributed by atoms with van der Waals surface area (Å²) in [6, 6.07) is 3.33. The van der Waals surface area contributed by atoms with Gasteiger partial charge in [0.15, 0.2) is 0 Å². The zero-order valence-corrected chi connectivity index (χ0v) is 11.4. The summed E-state index contributed by atoms with van der Waals surface area (Å²) in [6.07, 6.45) is 2.30. The normalized spacial score (nSPS) is 10.3. The van der Waals surface area contributed by atoms with Crippen LogP contribution in [0.4, 0.5) is 14.5 Å². The predicted octanol–water partition coefficient (Wildman–Crippen LogP) is 3.03.